The Morgan fingerprint density at radius 3 is 3.22 bits per heavy atom. The van der Waals surface area contributed by atoms with Crippen LogP contribution in [0.2, 0.25) is 0 Å². The molecule has 3 rings (SSSR count). The van der Waals surface area contributed by atoms with Gasteiger partial charge in [0.15, 0.2) is 0 Å². The van der Waals surface area contributed by atoms with Crippen LogP contribution < -0.4 is 11.1 Å². The van der Waals surface area contributed by atoms with Gasteiger partial charge in [0.1, 0.15) is 5.69 Å². The molecule has 5 nitrogen and oxygen atoms in total. The quantitative estimate of drug-likeness (QED) is 0.842. The Morgan fingerprint density at radius 2 is 2.44 bits per heavy atom. The van der Waals surface area contributed by atoms with Crippen molar-refractivity contribution in [2.24, 2.45) is 11.7 Å². The maximum absolute atomic E-state index is 12.1. The van der Waals surface area contributed by atoms with Crippen molar-refractivity contribution in [2.45, 2.75) is 24.6 Å². The van der Waals surface area contributed by atoms with Gasteiger partial charge in [-0.1, -0.05) is 0 Å². The van der Waals surface area contributed by atoms with Crippen LogP contribution in [0.3, 0.4) is 0 Å². The molecule has 1 aromatic heterocycles. The Balaban J connectivity index is 1.70. The number of hydrogen-bond acceptors (Lipinski definition) is 4. The van der Waals surface area contributed by atoms with E-state index in [9.17, 15) is 4.79 Å². The monoisotopic (exact) mass is 311 g/mol. The number of amides is 1. The summed E-state index contributed by atoms with van der Waals surface area (Å²) in [5.41, 5.74) is 6.43. The lowest BCUT2D eigenvalue weighted by Gasteiger charge is -2.45. The molecule has 6 heteroatoms. The molecule has 96 valence electrons. The number of pyridine rings is 1. The Kier molecular flexibility index (Phi) is 3.09. The number of nitrogens with one attached hydrogen (secondary N) is 1. The predicted molar refractivity (Wildman–Crippen MR) is 69.0 cm³/mol. The zero-order chi connectivity index (χ0) is 12.7. The minimum absolute atomic E-state index is 0.0102. The van der Waals surface area contributed by atoms with Crippen LogP contribution in [-0.2, 0) is 4.74 Å². The molecule has 1 aromatic rings. The molecular weight excluding hydrogens is 298 g/mol. The van der Waals surface area contributed by atoms with Gasteiger partial charge in [0.25, 0.3) is 5.91 Å². The normalized spacial score (nSPS) is 33.7. The largest absolute Gasteiger partial charge is 0.376 e. The van der Waals surface area contributed by atoms with Gasteiger partial charge >= 0.3 is 0 Å². The summed E-state index contributed by atoms with van der Waals surface area (Å²) in [6, 6.07) is 3.45. The molecule has 0 bridgehead atoms. The van der Waals surface area contributed by atoms with E-state index in [1.807, 2.05) is 0 Å². The fraction of sp³-hybridized carbons (Fsp3) is 0.500. The van der Waals surface area contributed by atoms with E-state index in [2.05, 4.69) is 26.2 Å². The van der Waals surface area contributed by atoms with E-state index < -0.39 is 0 Å². The molecule has 18 heavy (non-hydrogen) atoms. The molecule has 3 N–H and O–H groups in total. The fourth-order valence-corrected chi connectivity index (χ4v) is 3.14. The Morgan fingerprint density at radius 1 is 1.61 bits per heavy atom. The summed E-state index contributed by atoms with van der Waals surface area (Å²) in [7, 11) is 0. The van der Waals surface area contributed by atoms with Gasteiger partial charge in [-0.15, -0.1) is 0 Å². The lowest BCUT2D eigenvalue weighted by atomic mass is 9.72. The third kappa shape index (κ3) is 1.84. The Labute approximate surface area is 113 Å². The SMILES string of the molecule is NC1C2CCOC2C1NC(=O)c1ncccc1Br. The molecule has 2 aliphatic rings. The number of nitrogens with two attached hydrogens (primary N) is 1. The van der Waals surface area contributed by atoms with Crippen LogP contribution in [-0.4, -0.2) is 35.7 Å². The van der Waals surface area contributed by atoms with Crippen molar-refractivity contribution in [3.8, 4) is 0 Å². The van der Waals surface area contributed by atoms with E-state index in [1.54, 1.807) is 18.3 Å². The van der Waals surface area contributed by atoms with Crippen molar-refractivity contribution in [3.05, 3.63) is 28.5 Å². The molecular formula is C12H14BrN3O2. The lowest BCUT2D eigenvalue weighted by Crippen LogP contribution is -2.69. The first kappa shape index (κ1) is 12.1. The second-order valence-electron chi connectivity index (χ2n) is 4.70. The molecule has 1 saturated heterocycles. The molecule has 2 heterocycles. The molecule has 1 aliphatic carbocycles. The van der Waals surface area contributed by atoms with Crippen molar-refractivity contribution in [2.75, 3.05) is 6.61 Å². The average molecular weight is 312 g/mol. The summed E-state index contributed by atoms with van der Waals surface area (Å²) in [6.07, 6.45) is 2.66. The van der Waals surface area contributed by atoms with Gasteiger partial charge in [-0.05, 0) is 34.5 Å². The van der Waals surface area contributed by atoms with Crippen LogP contribution >= 0.6 is 15.9 Å². The van der Waals surface area contributed by atoms with E-state index in [0.29, 0.717) is 16.1 Å². The first-order valence-electron chi connectivity index (χ1n) is 5.97. The average Bonchev–Trinajstić information content (AvgIpc) is 2.81. The molecule has 1 amide bonds. The van der Waals surface area contributed by atoms with Crippen LogP contribution in [0.15, 0.2) is 22.8 Å². The molecule has 1 saturated carbocycles. The number of ether oxygens (including phenoxy) is 1. The van der Waals surface area contributed by atoms with Gasteiger partial charge in [-0.3, -0.25) is 4.79 Å². The zero-order valence-electron chi connectivity index (χ0n) is 9.67. The van der Waals surface area contributed by atoms with Crippen LogP contribution in [0, 0.1) is 5.92 Å². The summed E-state index contributed by atoms with van der Waals surface area (Å²) >= 11 is 3.31. The molecule has 0 aromatic carbocycles. The van der Waals surface area contributed by atoms with Crippen LogP contribution in [0.25, 0.3) is 0 Å². The second kappa shape index (κ2) is 4.60. The van der Waals surface area contributed by atoms with Gasteiger partial charge < -0.3 is 15.8 Å². The number of nitrogens with zero attached hydrogens (tertiary/aromatic N) is 1. The summed E-state index contributed by atoms with van der Waals surface area (Å²) in [5.74, 6) is 0.180. The Bertz CT molecular complexity index is 482. The number of aromatic nitrogens is 1. The molecule has 4 unspecified atom stereocenters. The highest BCUT2D eigenvalue weighted by atomic mass is 79.9. The van der Waals surface area contributed by atoms with Gasteiger partial charge in [0, 0.05) is 29.2 Å². The highest BCUT2D eigenvalue weighted by molar-refractivity contribution is 9.10. The number of hydrogen-bond donors (Lipinski definition) is 2. The van der Waals surface area contributed by atoms with Gasteiger partial charge in [-0.2, -0.15) is 0 Å². The summed E-state index contributed by atoms with van der Waals surface area (Å²) in [6.45, 7) is 0.739. The first-order valence-corrected chi connectivity index (χ1v) is 6.76. The molecule has 1 aliphatic heterocycles. The highest BCUT2D eigenvalue weighted by Gasteiger charge is 2.52. The number of rotatable bonds is 2. The maximum atomic E-state index is 12.1. The van der Waals surface area contributed by atoms with E-state index in [1.165, 1.54) is 0 Å². The van der Waals surface area contributed by atoms with E-state index in [0.717, 1.165) is 13.0 Å². The zero-order valence-corrected chi connectivity index (χ0v) is 11.3. The lowest BCUT2D eigenvalue weighted by molar-refractivity contribution is -0.0161. The van der Waals surface area contributed by atoms with Gasteiger partial charge in [-0.25, -0.2) is 4.98 Å². The van der Waals surface area contributed by atoms with Crippen molar-refractivity contribution in [1.29, 1.82) is 0 Å². The Hall–Kier alpha value is -0.980. The first-order chi connectivity index (χ1) is 8.68. The van der Waals surface area contributed by atoms with E-state index in [-0.39, 0.29) is 24.1 Å². The maximum Gasteiger partial charge on any atom is 0.271 e. The molecule has 2 fully saturated rings. The van der Waals surface area contributed by atoms with Crippen molar-refractivity contribution in [1.82, 2.24) is 10.3 Å². The van der Waals surface area contributed by atoms with Crippen molar-refractivity contribution < 1.29 is 9.53 Å². The fourth-order valence-electron chi connectivity index (χ4n) is 2.70. The standard InChI is InChI=1S/C12H14BrN3O2/c13-7-2-1-4-15-9(7)12(17)16-10-8(14)6-3-5-18-11(6)10/h1-2,4,6,8,10-11H,3,5,14H2,(H,16,17). The summed E-state index contributed by atoms with van der Waals surface area (Å²) in [5, 5.41) is 2.91. The number of halogens is 1. The smallest absolute Gasteiger partial charge is 0.271 e. The third-order valence-electron chi connectivity index (χ3n) is 3.72. The van der Waals surface area contributed by atoms with Crippen LogP contribution in [0.1, 0.15) is 16.9 Å². The van der Waals surface area contributed by atoms with Gasteiger partial charge in [0.2, 0.25) is 0 Å². The topological polar surface area (TPSA) is 77.2 Å². The second-order valence-corrected chi connectivity index (χ2v) is 5.55. The minimum Gasteiger partial charge on any atom is -0.376 e. The van der Waals surface area contributed by atoms with Crippen LogP contribution in [0.5, 0.6) is 0 Å². The molecule has 0 spiro atoms. The predicted octanol–water partition coefficient (Wildman–Crippen LogP) is 0.689. The highest BCUT2D eigenvalue weighted by Crippen LogP contribution is 2.37. The minimum atomic E-state index is -0.211. The summed E-state index contributed by atoms with van der Waals surface area (Å²) < 4.78 is 6.25. The van der Waals surface area contributed by atoms with Crippen molar-refractivity contribution in [3.63, 3.8) is 0 Å². The molecule has 0 radical (unpaired) electrons. The summed E-state index contributed by atoms with van der Waals surface area (Å²) in [4.78, 5) is 16.1. The number of carbonyl (C=O) groups excluding carboxylic acids is 1. The van der Waals surface area contributed by atoms with Gasteiger partial charge in [0.05, 0.1) is 12.1 Å². The van der Waals surface area contributed by atoms with Crippen LogP contribution in [0.4, 0.5) is 0 Å². The number of fused-ring (bicyclic) bond motifs is 1. The van der Waals surface area contributed by atoms with Crippen molar-refractivity contribution >= 4 is 21.8 Å². The number of carbonyl (C=O) groups is 1. The van der Waals surface area contributed by atoms with E-state index in [4.69, 9.17) is 10.5 Å². The third-order valence-corrected chi connectivity index (χ3v) is 4.36. The molecule has 4 atom stereocenters. The van der Waals surface area contributed by atoms with E-state index >= 15 is 0 Å².